The average Bonchev–Trinajstić information content (AvgIpc) is 2.74. The summed E-state index contributed by atoms with van der Waals surface area (Å²) in [4.78, 5) is 27.6. The average molecular weight is 466 g/mol. The summed E-state index contributed by atoms with van der Waals surface area (Å²) in [5, 5.41) is 20.9. The summed E-state index contributed by atoms with van der Waals surface area (Å²) < 4.78 is 11.7. The highest BCUT2D eigenvalue weighted by Crippen LogP contribution is 2.44. The van der Waals surface area contributed by atoms with Crippen LogP contribution in [0.25, 0.3) is 0 Å². The predicted molar refractivity (Wildman–Crippen MR) is 126 cm³/mol. The van der Waals surface area contributed by atoms with Gasteiger partial charge in [0.25, 0.3) is 0 Å². The molecule has 0 bridgehead atoms. The van der Waals surface area contributed by atoms with E-state index in [0.29, 0.717) is 16.9 Å². The molecular weight excluding hydrogens is 434 g/mol. The number of aliphatic hydroxyl groups is 1. The third kappa shape index (κ3) is 5.32. The number of hydrogen-bond donors (Lipinski definition) is 2. The van der Waals surface area contributed by atoms with Crippen LogP contribution < -0.4 is 10.5 Å². The highest BCUT2D eigenvalue weighted by molar-refractivity contribution is 5.85. The minimum absolute atomic E-state index is 0.118. The van der Waals surface area contributed by atoms with Crippen LogP contribution in [0.15, 0.2) is 48.5 Å². The van der Waals surface area contributed by atoms with Crippen molar-refractivity contribution in [3.63, 3.8) is 0 Å². The van der Waals surface area contributed by atoms with Gasteiger partial charge in [-0.1, -0.05) is 30.3 Å². The van der Waals surface area contributed by atoms with Gasteiger partial charge in [0.1, 0.15) is 29.1 Å². The molecule has 0 radical (unpaired) electrons. The van der Waals surface area contributed by atoms with Gasteiger partial charge in [-0.3, -0.25) is 9.69 Å². The second kappa shape index (κ2) is 9.35. The topological polar surface area (TPSA) is 126 Å². The minimum Gasteiger partial charge on any atom is -0.485 e. The summed E-state index contributed by atoms with van der Waals surface area (Å²) in [7, 11) is 0. The summed E-state index contributed by atoms with van der Waals surface area (Å²) in [6.07, 6.45) is -1.94. The standard InChI is InChI=1S/C26H31N3O5/c1-25(2,3)34-24(32)29(19(23(28)31)14-16-9-7-6-8-10-16)21-18-13-17(15-27)11-12-20(18)33-26(4,5)22(21)30/h6-13,19,21-22,30H,14H2,1-5H3,(H2,28,31)/t19-,21+,22+/m1/s1. The van der Waals surface area contributed by atoms with Gasteiger partial charge < -0.3 is 20.3 Å². The Morgan fingerprint density at radius 1 is 1.24 bits per heavy atom. The zero-order chi connectivity index (χ0) is 25.3. The smallest absolute Gasteiger partial charge is 0.411 e. The van der Waals surface area contributed by atoms with Crippen LogP contribution in [0.3, 0.4) is 0 Å². The van der Waals surface area contributed by atoms with Gasteiger partial charge in [0.05, 0.1) is 17.7 Å². The first-order valence-corrected chi connectivity index (χ1v) is 11.1. The molecule has 1 aliphatic heterocycles. The van der Waals surface area contributed by atoms with Gasteiger partial charge in [-0.2, -0.15) is 5.26 Å². The molecule has 3 N–H and O–H groups in total. The molecule has 2 aromatic carbocycles. The molecule has 0 unspecified atom stereocenters. The van der Waals surface area contributed by atoms with Crippen molar-refractivity contribution >= 4 is 12.0 Å². The van der Waals surface area contributed by atoms with Gasteiger partial charge >= 0.3 is 6.09 Å². The highest BCUT2D eigenvalue weighted by atomic mass is 16.6. The summed E-state index contributed by atoms with van der Waals surface area (Å²) in [6, 6.07) is 13.8. The number of aliphatic hydroxyl groups excluding tert-OH is 1. The number of fused-ring (bicyclic) bond motifs is 1. The van der Waals surface area contributed by atoms with E-state index in [1.165, 1.54) is 4.90 Å². The molecule has 0 saturated carbocycles. The summed E-state index contributed by atoms with van der Waals surface area (Å²) >= 11 is 0. The van der Waals surface area contributed by atoms with Crippen molar-refractivity contribution in [2.75, 3.05) is 0 Å². The number of nitrogens with zero attached hydrogens (tertiary/aromatic N) is 2. The van der Waals surface area contributed by atoms with Gasteiger partial charge in [-0.15, -0.1) is 0 Å². The van der Waals surface area contributed by atoms with Crippen molar-refractivity contribution in [3.05, 3.63) is 65.2 Å². The predicted octanol–water partition coefficient (Wildman–Crippen LogP) is 3.46. The number of hydrogen-bond acceptors (Lipinski definition) is 6. The molecule has 0 aliphatic carbocycles. The van der Waals surface area contributed by atoms with Gasteiger partial charge in [0, 0.05) is 12.0 Å². The molecule has 8 nitrogen and oxygen atoms in total. The molecule has 0 spiro atoms. The zero-order valence-corrected chi connectivity index (χ0v) is 20.1. The molecular formula is C26H31N3O5. The Morgan fingerprint density at radius 2 is 1.88 bits per heavy atom. The van der Waals surface area contributed by atoms with Crippen LogP contribution in [0.1, 0.15) is 57.4 Å². The first kappa shape index (κ1) is 25.1. The number of primary amides is 1. The molecule has 0 fully saturated rings. The van der Waals surface area contributed by atoms with E-state index in [9.17, 15) is 20.0 Å². The van der Waals surface area contributed by atoms with E-state index < -0.39 is 41.4 Å². The van der Waals surface area contributed by atoms with E-state index in [4.69, 9.17) is 15.2 Å². The molecule has 1 heterocycles. The van der Waals surface area contributed by atoms with Crippen molar-refractivity contribution in [3.8, 4) is 11.8 Å². The lowest BCUT2D eigenvalue weighted by Crippen LogP contribution is -2.60. The number of rotatable bonds is 5. The van der Waals surface area contributed by atoms with E-state index in [-0.39, 0.29) is 6.42 Å². The Labute approximate surface area is 199 Å². The van der Waals surface area contributed by atoms with Gasteiger partial charge in [0.2, 0.25) is 5.91 Å². The number of ether oxygens (including phenoxy) is 2. The molecule has 0 saturated heterocycles. The van der Waals surface area contributed by atoms with Crippen LogP contribution in [0.4, 0.5) is 4.79 Å². The second-order valence-electron chi connectivity index (χ2n) is 9.96. The first-order valence-electron chi connectivity index (χ1n) is 11.1. The number of amides is 2. The molecule has 180 valence electrons. The van der Waals surface area contributed by atoms with Crippen LogP contribution >= 0.6 is 0 Å². The van der Waals surface area contributed by atoms with E-state index in [1.54, 1.807) is 52.8 Å². The number of nitrogens with two attached hydrogens (primary N) is 1. The molecule has 0 aromatic heterocycles. The van der Waals surface area contributed by atoms with Crippen LogP contribution in [-0.4, -0.2) is 45.4 Å². The van der Waals surface area contributed by atoms with Crippen LogP contribution in [0.5, 0.6) is 5.75 Å². The normalized spacial score (nSPS) is 19.7. The fourth-order valence-electron chi connectivity index (χ4n) is 4.06. The summed E-state index contributed by atoms with van der Waals surface area (Å²) in [6.45, 7) is 8.52. The minimum atomic E-state index is -1.25. The second-order valence-corrected chi connectivity index (χ2v) is 9.96. The number of carbonyl (C=O) groups excluding carboxylic acids is 2. The van der Waals surface area contributed by atoms with Gasteiger partial charge in [-0.05, 0) is 58.4 Å². The Kier molecular flexibility index (Phi) is 6.89. The third-order valence-electron chi connectivity index (χ3n) is 5.68. The summed E-state index contributed by atoms with van der Waals surface area (Å²) in [5.74, 6) is -0.347. The Morgan fingerprint density at radius 3 is 2.44 bits per heavy atom. The Bertz CT molecular complexity index is 1100. The largest absolute Gasteiger partial charge is 0.485 e. The molecule has 2 aromatic rings. The first-order chi connectivity index (χ1) is 15.8. The van der Waals surface area contributed by atoms with Crippen molar-refractivity contribution < 1.29 is 24.2 Å². The van der Waals surface area contributed by atoms with E-state index in [0.717, 1.165) is 5.56 Å². The molecule has 3 rings (SSSR count). The van der Waals surface area contributed by atoms with E-state index >= 15 is 0 Å². The molecule has 8 heteroatoms. The quantitative estimate of drug-likeness (QED) is 0.696. The van der Waals surface area contributed by atoms with Crippen LogP contribution in [0, 0.1) is 11.3 Å². The van der Waals surface area contributed by atoms with E-state index in [2.05, 4.69) is 6.07 Å². The van der Waals surface area contributed by atoms with Crippen molar-refractivity contribution in [1.82, 2.24) is 4.90 Å². The monoisotopic (exact) mass is 465 g/mol. The lowest BCUT2D eigenvalue weighted by atomic mass is 9.84. The lowest BCUT2D eigenvalue weighted by Gasteiger charge is -2.47. The van der Waals surface area contributed by atoms with Crippen molar-refractivity contribution in [2.24, 2.45) is 5.73 Å². The van der Waals surface area contributed by atoms with Crippen molar-refractivity contribution in [2.45, 2.75) is 70.4 Å². The van der Waals surface area contributed by atoms with Crippen LogP contribution in [0.2, 0.25) is 0 Å². The van der Waals surface area contributed by atoms with Gasteiger partial charge in [-0.25, -0.2) is 4.79 Å². The van der Waals surface area contributed by atoms with Crippen molar-refractivity contribution in [1.29, 1.82) is 5.26 Å². The maximum absolute atomic E-state index is 13.6. The number of carbonyl (C=O) groups is 2. The molecule has 34 heavy (non-hydrogen) atoms. The highest BCUT2D eigenvalue weighted by Gasteiger charge is 2.50. The number of benzene rings is 2. The molecule has 1 aliphatic rings. The zero-order valence-electron chi connectivity index (χ0n) is 20.1. The Hall–Kier alpha value is -3.57. The van der Waals surface area contributed by atoms with Gasteiger partial charge in [0.15, 0.2) is 0 Å². The van der Waals surface area contributed by atoms with Crippen LogP contribution in [-0.2, 0) is 16.0 Å². The SMILES string of the molecule is CC(C)(C)OC(=O)N([C@H](Cc1ccccc1)C(N)=O)[C@H]1c2cc(C#N)ccc2OC(C)(C)[C@H]1O. The van der Waals surface area contributed by atoms with E-state index in [1.807, 2.05) is 30.3 Å². The third-order valence-corrected chi connectivity index (χ3v) is 5.68. The lowest BCUT2D eigenvalue weighted by molar-refractivity contribution is -0.131. The fourth-order valence-corrected chi connectivity index (χ4v) is 4.06. The maximum atomic E-state index is 13.6. The number of nitriles is 1. The molecule has 3 atom stereocenters. The molecule has 2 amide bonds. The fraction of sp³-hybridized carbons (Fsp3) is 0.423. The Balaban J connectivity index is 2.21. The maximum Gasteiger partial charge on any atom is 0.411 e. The summed E-state index contributed by atoms with van der Waals surface area (Å²) in [5.41, 5.74) is 5.36.